The van der Waals surface area contributed by atoms with Gasteiger partial charge in [-0.05, 0) is 20.3 Å². The molecule has 0 aliphatic heterocycles. The highest BCUT2D eigenvalue weighted by atomic mass is 79.9. The number of aromatic nitrogens is 3. The van der Waals surface area contributed by atoms with Crippen molar-refractivity contribution in [3.05, 3.63) is 11.4 Å². The van der Waals surface area contributed by atoms with E-state index in [0.29, 0.717) is 0 Å². The van der Waals surface area contributed by atoms with Crippen LogP contribution in [0.1, 0.15) is 31.2 Å². The summed E-state index contributed by atoms with van der Waals surface area (Å²) in [6.07, 6.45) is 2.33. The fourth-order valence-corrected chi connectivity index (χ4v) is 1.77. The number of hydrogen-bond acceptors (Lipinski definition) is 4. The molecule has 0 radical (unpaired) electrons. The minimum atomic E-state index is 0.746. The van der Waals surface area contributed by atoms with Crippen LogP contribution < -0.4 is 4.90 Å². The summed E-state index contributed by atoms with van der Waals surface area (Å²) >= 11 is 3.45. The lowest BCUT2D eigenvalue weighted by Gasteiger charge is -2.21. The van der Waals surface area contributed by atoms with Crippen LogP contribution in [-0.4, -0.2) is 33.6 Å². The van der Waals surface area contributed by atoms with E-state index in [1.807, 2.05) is 13.8 Å². The van der Waals surface area contributed by atoms with Crippen molar-refractivity contribution in [3.8, 4) is 0 Å². The van der Waals surface area contributed by atoms with E-state index in [2.05, 4.69) is 42.9 Å². The third kappa shape index (κ3) is 3.70. The first-order valence-corrected chi connectivity index (χ1v) is 6.80. The van der Waals surface area contributed by atoms with E-state index >= 15 is 0 Å². The van der Waals surface area contributed by atoms with Gasteiger partial charge in [-0.15, -0.1) is 5.10 Å². The van der Waals surface area contributed by atoms with Gasteiger partial charge in [-0.25, -0.2) is 4.98 Å². The second kappa shape index (κ2) is 6.78. The predicted molar refractivity (Wildman–Crippen MR) is 70.2 cm³/mol. The van der Waals surface area contributed by atoms with Crippen LogP contribution in [0.5, 0.6) is 0 Å². The smallest absolute Gasteiger partial charge is 0.245 e. The van der Waals surface area contributed by atoms with Crippen molar-refractivity contribution in [2.45, 2.75) is 33.6 Å². The highest BCUT2D eigenvalue weighted by Gasteiger charge is 2.10. The molecule has 1 aromatic heterocycles. The van der Waals surface area contributed by atoms with Crippen molar-refractivity contribution in [1.82, 2.24) is 15.2 Å². The summed E-state index contributed by atoms with van der Waals surface area (Å²) in [5, 5.41) is 9.20. The van der Waals surface area contributed by atoms with Crippen LogP contribution in [0.15, 0.2) is 0 Å². The van der Waals surface area contributed by atoms with Gasteiger partial charge in [0.1, 0.15) is 0 Å². The molecule has 16 heavy (non-hydrogen) atoms. The molecule has 0 fully saturated rings. The van der Waals surface area contributed by atoms with Crippen LogP contribution in [0.4, 0.5) is 5.95 Å². The molecule has 0 N–H and O–H groups in total. The van der Waals surface area contributed by atoms with Crippen LogP contribution in [0.2, 0.25) is 0 Å². The van der Waals surface area contributed by atoms with Crippen LogP contribution in [0.3, 0.4) is 0 Å². The summed E-state index contributed by atoms with van der Waals surface area (Å²) < 4.78 is 0. The molecule has 1 aromatic rings. The van der Waals surface area contributed by atoms with E-state index in [4.69, 9.17) is 0 Å². The predicted octanol–water partition coefficient (Wildman–Crippen LogP) is 2.49. The fraction of sp³-hybridized carbons (Fsp3) is 0.727. The number of hydrogen-bond donors (Lipinski definition) is 0. The number of rotatable bonds is 6. The van der Waals surface area contributed by atoms with Crippen molar-refractivity contribution >= 4 is 21.9 Å². The monoisotopic (exact) mass is 286 g/mol. The molecule has 0 saturated heterocycles. The van der Waals surface area contributed by atoms with Crippen molar-refractivity contribution in [1.29, 1.82) is 0 Å². The molecule has 1 rings (SSSR count). The van der Waals surface area contributed by atoms with Crippen LogP contribution in [0.25, 0.3) is 0 Å². The quantitative estimate of drug-likeness (QED) is 0.754. The van der Waals surface area contributed by atoms with Crippen molar-refractivity contribution in [2.75, 3.05) is 23.3 Å². The second-order valence-corrected chi connectivity index (χ2v) is 4.61. The second-order valence-electron chi connectivity index (χ2n) is 3.81. The largest absolute Gasteiger partial charge is 0.339 e. The highest BCUT2D eigenvalue weighted by molar-refractivity contribution is 9.09. The molecule has 90 valence electrons. The van der Waals surface area contributed by atoms with Gasteiger partial charge in [0.15, 0.2) is 0 Å². The maximum Gasteiger partial charge on any atom is 0.245 e. The van der Waals surface area contributed by atoms with Gasteiger partial charge in [-0.1, -0.05) is 29.3 Å². The van der Waals surface area contributed by atoms with E-state index in [9.17, 15) is 0 Å². The van der Waals surface area contributed by atoms with Gasteiger partial charge in [0.05, 0.1) is 11.4 Å². The topological polar surface area (TPSA) is 41.9 Å². The molecule has 4 nitrogen and oxygen atoms in total. The maximum absolute atomic E-state index is 4.48. The molecule has 5 heteroatoms. The molecule has 1 heterocycles. The SMILES string of the molecule is CCCCN(CCBr)c1nnc(C)c(C)n1. The van der Waals surface area contributed by atoms with Crippen LogP contribution >= 0.6 is 15.9 Å². The number of nitrogens with zero attached hydrogens (tertiary/aromatic N) is 4. The molecule has 0 spiro atoms. The minimum Gasteiger partial charge on any atom is -0.339 e. The normalized spacial score (nSPS) is 10.5. The van der Waals surface area contributed by atoms with E-state index < -0.39 is 0 Å². The lowest BCUT2D eigenvalue weighted by atomic mass is 10.3. The van der Waals surface area contributed by atoms with Gasteiger partial charge in [0, 0.05) is 18.4 Å². The zero-order chi connectivity index (χ0) is 12.0. The molecule has 0 unspecified atom stereocenters. The van der Waals surface area contributed by atoms with Crippen molar-refractivity contribution in [3.63, 3.8) is 0 Å². The molecule has 0 aliphatic rings. The zero-order valence-electron chi connectivity index (χ0n) is 10.2. The third-order valence-corrected chi connectivity index (χ3v) is 2.85. The lowest BCUT2D eigenvalue weighted by Crippen LogP contribution is -2.29. The van der Waals surface area contributed by atoms with Gasteiger partial charge in [-0.3, -0.25) is 0 Å². The summed E-state index contributed by atoms with van der Waals surface area (Å²) in [4.78, 5) is 6.65. The van der Waals surface area contributed by atoms with Gasteiger partial charge >= 0.3 is 0 Å². The first kappa shape index (κ1) is 13.4. The molecular weight excluding hydrogens is 268 g/mol. The molecule has 0 aromatic carbocycles. The third-order valence-electron chi connectivity index (χ3n) is 2.50. The first-order valence-electron chi connectivity index (χ1n) is 5.67. The maximum atomic E-state index is 4.48. The van der Waals surface area contributed by atoms with Gasteiger partial charge < -0.3 is 4.90 Å². The van der Waals surface area contributed by atoms with Crippen LogP contribution in [0, 0.1) is 13.8 Å². The zero-order valence-corrected chi connectivity index (χ0v) is 11.8. The lowest BCUT2D eigenvalue weighted by molar-refractivity contribution is 0.702. The number of alkyl halides is 1. The number of halogens is 1. The minimum absolute atomic E-state index is 0.746. The Morgan fingerprint density at radius 2 is 1.88 bits per heavy atom. The Hall–Kier alpha value is -0.710. The molecule has 0 atom stereocenters. The van der Waals surface area contributed by atoms with Gasteiger partial charge in [0.2, 0.25) is 5.95 Å². The number of unbranched alkanes of at least 4 members (excludes halogenated alkanes) is 1. The number of aryl methyl sites for hydroxylation is 2. The summed E-state index contributed by atoms with van der Waals surface area (Å²) in [5.74, 6) is 0.746. The van der Waals surface area contributed by atoms with E-state index in [0.717, 1.165) is 42.2 Å². The average molecular weight is 287 g/mol. The van der Waals surface area contributed by atoms with Gasteiger partial charge in [-0.2, -0.15) is 5.10 Å². The standard InChI is InChI=1S/C11H19BrN4/c1-4-5-7-16(8-6-12)11-13-9(2)10(3)14-15-11/h4-8H2,1-3H3. The average Bonchev–Trinajstić information content (AvgIpc) is 2.28. The summed E-state index contributed by atoms with van der Waals surface area (Å²) in [6, 6.07) is 0. The molecule has 0 aliphatic carbocycles. The Kier molecular flexibility index (Phi) is 5.66. The van der Waals surface area contributed by atoms with Crippen molar-refractivity contribution in [2.24, 2.45) is 0 Å². The highest BCUT2D eigenvalue weighted by Crippen LogP contribution is 2.09. The fourth-order valence-electron chi connectivity index (χ4n) is 1.34. The van der Waals surface area contributed by atoms with Crippen LogP contribution in [-0.2, 0) is 0 Å². The van der Waals surface area contributed by atoms with Crippen molar-refractivity contribution < 1.29 is 0 Å². The van der Waals surface area contributed by atoms with Gasteiger partial charge in [0.25, 0.3) is 0 Å². The Morgan fingerprint density at radius 1 is 1.12 bits per heavy atom. The Labute approximate surface area is 106 Å². The molecule has 0 saturated carbocycles. The molecule has 0 amide bonds. The molecular formula is C11H19BrN4. The Balaban J connectivity index is 2.78. The summed E-state index contributed by atoms with van der Waals surface area (Å²) in [6.45, 7) is 8.00. The van der Waals surface area contributed by atoms with E-state index in [1.165, 1.54) is 6.42 Å². The van der Waals surface area contributed by atoms with E-state index in [1.54, 1.807) is 0 Å². The summed E-state index contributed by atoms with van der Waals surface area (Å²) in [7, 11) is 0. The van der Waals surface area contributed by atoms with E-state index in [-0.39, 0.29) is 0 Å². The number of anilines is 1. The Bertz CT molecular complexity index is 330. The first-order chi connectivity index (χ1) is 7.69. The molecule has 0 bridgehead atoms. The summed E-state index contributed by atoms with van der Waals surface area (Å²) in [5.41, 5.74) is 1.86. The Morgan fingerprint density at radius 3 is 2.44 bits per heavy atom.